The van der Waals surface area contributed by atoms with Gasteiger partial charge in [-0.3, -0.25) is 4.79 Å². The SMILES string of the molecule is CCCCCC(F)/C=C/[C@H]1CC/C(=N\O)[C@@H]1CCCCCCC(=O)O. The highest BCUT2D eigenvalue weighted by molar-refractivity contribution is 5.88. The molecule has 1 saturated carbocycles. The van der Waals surface area contributed by atoms with Crippen LogP contribution < -0.4 is 0 Å². The summed E-state index contributed by atoms with van der Waals surface area (Å²) in [5.74, 6) is -0.284. The molecule has 4 nitrogen and oxygen atoms in total. The van der Waals surface area contributed by atoms with Gasteiger partial charge in [0.2, 0.25) is 0 Å². The van der Waals surface area contributed by atoms with Gasteiger partial charge >= 0.3 is 5.97 Å². The van der Waals surface area contributed by atoms with Crippen LogP contribution in [0.1, 0.15) is 84.0 Å². The van der Waals surface area contributed by atoms with E-state index in [9.17, 15) is 14.4 Å². The second-order valence-corrected chi connectivity index (χ2v) is 7.14. The van der Waals surface area contributed by atoms with Gasteiger partial charge in [0.25, 0.3) is 0 Å². The summed E-state index contributed by atoms with van der Waals surface area (Å²) in [5.41, 5.74) is 0.835. The number of carboxylic acids is 1. The Balaban J connectivity index is 2.38. The van der Waals surface area contributed by atoms with E-state index < -0.39 is 12.1 Å². The highest BCUT2D eigenvalue weighted by Crippen LogP contribution is 2.35. The number of rotatable bonds is 13. The minimum atomic E-state index is -0.877. The van der Waals surface area contributed by atoms with Gasteiger partial charge in [-0.05, 0) is 38.0 Å². The molecule has 1 aliphatic carbocycles. The maximum atomic E-state index is 13.9. The second kappa shape index (κ2) is 12.9. The first kappa shape index (κ1) is 21.7. The highest BCUT2D eigenvalue weighted by Gasteiger charge is 2.31. The molecule has 1 aliphatic rings. The van der Waals surface area contributed by atoms with Crippen molar-refractivity contribution in [3.8, 4) is 0 Å². The van der Waals surface area contributed by atoms with E-state index in [1.54, 1.807) is 6.08 Å². The van der Waals surface area contributed by atoms with E-state index in [0.717, 1.165) is 63.5 Å². The molecule has 0 bridgehead atoms. The van der Waals surface area contributed by atoms with Crippen molar-refractivity contribution in [1.29, 1.82) is 0 Å². The first-order chi connectivity index (χ1) is 12.1. The summed E-state index contributed by atoms with van der Waals surface area (Å²) >= 11 is 0. The Kier molecular flexibility index (Phi) is 11.2. The largest absolute Gasteiger partial charge is 0.481 e. The zero-order valence-corrected chi connectivity index (χ0v) is 15.5. The van der Waals surface area contributed by atoms with Crippen LogP contribution in [-0.4, -0.2) is 28.2 Å². The smallest absolute Gasteiger partial charge is 0.303 e. The lowest BCUT2D eigenvalue weighted by Crippen LogP contribution is -2.14. The molecule has 0 spiro atoms. The van der Waals surface area contributed by atoms with Crippen molar-refractivity contribution in [2.24, 2.45) is 17.0 Å². The van der Waals surface area contributed by atoms with E-state index in [1.165, 1.54) is 0 Å². The molecule has 1 unspecified atom stereocenters. The lowest BCUT2D eigenvalue weighted by molar-refractivity contribution is -0.137. The van der Waals surface area contributed by atoms with E-state index in [1.807, 2.05) is 6.08 Å². The Bertz CT molecular complexity index is 437. The van der Waals surface area contributed by atoms with Crippen molar-refractivity contribution in [1.82, 2.24) is 0 Å². The number of aliphatic carboxylic acids is 1. The third-order valence-corrected chi connectivity index (χ3v) is 5.11. The first-order valence-corrected chi connectivity index (χ1v) is 9.83. The van der Waals surface area contributed by atoms with Crippen LogP contribution in [0.2, 0.25) is 0 Å². The van der Waals surface area contributed by atoms with Crippen LogP contribution >= 0.6 is 0 Å². The molecular formula is C20H34FNO3. The topological polar surface area (TPSA) is 69.9 Å². The minimum absolute atomic E-state index is 0.198. The number of oxime groups is 1. The Morgan fingerprint density at radius 2 is 2.04 bits per heavy atom. The Labute approximate surface area is 151 Å². The molecule has 25 heavy (non-hydrogen) atoms. The predicted octanol–water partition coefficient (Wildman–Crippen LogP) is 5.74. The van der Waals surface area contributed by atoms with Gasteiger partial charge in [-0.2, -0.15) is 0 Å². The van der Waals surface area contributed by atoms with Crippen LogP contribution in [0.3, 0.4) is 0 Å². The number of nitrogens with zero attached hydrogens (tertiary/aromatic N) is 1. The van der Waals surface area contributed by atoms with E-state index in [-0.39, 0.29) is 18.3 Å². The van der Waals surface area contributed by atoms with Gasteiger partial charge in [0.15, 0.2) is 0 Å². The molecule has 1 rings (SSSR count). The van der Waals surface area contributed by atoms with Crippen LogP contribution in [0.25, 0.3) is 0 Å². The molecule has 1 fully saturated rings. The van der Waals surface area contributed by atoms with Crippen LogP contribution in [-0.2, 0) is 4.79 Å². The number of halogens is 1. The molecule has 3 atom stereocenters. The molecule has 0 aromatic heterocycles. The zero-order valence-electron chi connectivity index (χ0n) is 15.5. The minimum Gasteiger partial charge on any atom is -0.481 e. The second-order valence-electron chi connectivity index (χ2n) is 7.14. The third-order valence-electron chi connectivity index (χ3n) is 5.11. The van der Waals surface area contributed by atoms with E-state index >= 15 is 0 Å². The maximum absolute atomic E-state index is 13.9. The summed E-state index contributed by atoms with van der Waals surface area (Å²) in [6.45, 7) is 2.11. The lowest BCUT2D eigenvalue weighted by atomic mass is 9.89. The van der Waals surface area contributed by atoms with Crippen molar-refractivity contribution in [2.45, 2.75) is 90.1 Å². The summed E-state index contributed by atoms with van der Waals surface area (Å²) in [7, 11) is 0. The van der Waals surface area contributed by atoms with E-state index in [0.29, 0.717) is 12.8 Å². The van der Waals surface area contributed by atoms with Gasteiger partial charge in [0.1, 0.15) is 6.17 Å². The summed E-state index contributed by atoms with van der Waals surface area (Å²) in [5, 5.41) is 21.3. The lowest BCUT2D eigenvalue weighted by Gasteiger charge is -2.16. The van der Waals surface area contributed by atoms with Gasteiger partial charge < -0.3 is 10.3 Å². The number of carboxylic acid groups (broad SMARTS) is 1. The van der Waals surface area contributed by atoms with Crippen LogP contribution in [0.5, 0.6) is 0 Å². The molecule has 0 aliphatic heterocycles. The molecule has 144 valence electrons. The average molecular weight is 355 g/mol. The van der Waals surface area contributed by atoms with E-state index in [4.69, 9.17) is 5.11 Å². The molecular weight excluding hydrogens is 321 g/mol. The van der Waals surface area contributed by atoms with Gasteiger partial charge in [-0.15, -0.1) is 0 Å². The van der Waals surface area contributed by atoms with Gasteiger partial charge in [0.05, 0.1) is 5.71 Å². The number of hydrogen-bond acceptors (Lipinski definition) is 3. The Morgan fingerprint density at radius 3 is 2.72 bits per heavy atom. The van der Waals surface area contributed by atoms with Crippen molar-refractivity contribution < 1.29 is 19.5 Å². The summed E-state index contributed by atoms with van der Waals surface area (Å²) in [6.07, 6.45) is 13.0. The summed E-state index contributed by atoms with van der Waals surface area (Å²) in [4.78, 5) is 10.5. The van der Waals surface area contributed by atoms with Crippen LogP contribution in [0, 0.1) is 11.8 Å². The number of allylic oxidation sites excluding steroid dienone is 2. The fourth-order valence-electron chi connectivity index (χ4n) is 3.63. The fraction of sp³-hybridized carbons (Fsp3) is 0.800. The molecule has 0 heterocycles. The molecule has 0 aromatic rings. The summed E-state index contributed by atoms with van der Waals surface area (Å²) < 4.78 is 13.9. The van der Waals surface area contributed by atoms with Crippen LogP contribution in [0.4, 0.5) is 4.39 Å². The molecule has 0 radical (unpaired) electrons. The number of carbonyl (C=O) groups is 1. The molecule has 2 N–H and O–H groups in total. The normalized spacial score (nSPS) is 23.5. The first-order valence-electron chi connectivity index (χ1n) is 9.83. The molecule has 0 amide bonds. The number of unbranched alkanes of at least 4 members (excludes halogenated alkanes) is 5. The molecule has 0 saturated heterocycles. The zero-order chi connectivity index (χ0) is 18.5. The van der Waals surface area contributed by atoms with Crippen molar-refractivity contribution in [3.05, 3.63) is 12.2 Å². The van der Waals surface area contributed by atoms with Gasteiger partial charge in [-0.1, -0.05) is 62.8 Å². The van der Waals surface area contributed by atoms with Crippen molar-refractivity contribution in [2.75, 3.05) is 0 Å². The summed E-state index contributed by atoms with van der Waals surface area (Å²) in [6, 6.07) is 0. The highest BCUT2D eigenvalue weighted by atomic mass is 19.1. The van der Waals surface area contributed by atoms with Gasteiger partial charge in [-0.25, -0.2) is 4.39 Å². The van der Waals surface area contributed by atoms with Crippen molar-refractivity contribution in [3.63, 3.8) is 0 Å². The monoisotopic (exact) mass is 355 g/mol. The average Bonchev–Trinajstić information content (AvgIpc) is 2.98. The number of alkyl halides is 1. The van der Waals surface area contributed by atoms with Crippen molar-refractivity contribution >= 4 is 11.7 Å². The van der Waals surface area contributed by atoms with Gasteiger partial charge in [0, 0.05) is 12.3 Å². The standard InChI is InChI=1S/C20H34FNO3/c1-2-3-6-9-17(21)14-12-16-13-15-19(22-25)18(16)10-7-4-5-8-11-20(23)24/h12,14,16-18,25H,2-11,13,15H2,1H3,(H,23,24)/b14-12+,22-19+/t16-,17?,18+/m0/s1. The Hall–Kier alpha value is -1.39. The molecule has 0 aromatic carbocycles. The third kappa shape index (κ3) is 9.03. The Morgan fingerprint density at radius 1 is 1.28 bits per heavy atom. The predicted molar refractivity (Wildman–Crippen MR) is 99.0 cm³/mol. The van der Waals surface area contributed by atoms with Crippen LogP contribution in [0.15, 0.2) is 17.3 Å². The molecule has 5 heteroatoms. The maximum Gasteiger partial charge on any atom is 0.303 e. The fourth-order valence-corrected chi connectivity index (χ4v) is 3.63. The number of hydrogen-bond donors (Lipinski definition) is 2. The quantitative estimate of drug-likeness (QED) is 0.191. The van der Waals surface area contributed by atoms with E-state index in [2.05, 4.69) is 12.1 Å².